The van der Waals surface area contributed by atoms with Gasteiger partial charge in [0.1, 0.15) is 11.9 Å². The maximum atomic E-state index is 13.5. The Morgan fingerprint density at radius 2 is 1.87 bits per heavy atom. The van der Waals surface area contributed by atoms with Gasteiger partial charge in [0, 0.05) is 34.8 Å². The molecule has 0 spiro atoms. The fraction of sp³-hybridized carbons (Fsp3) is 0.417. The highest BCUT2D eigenvalue weighted by Crippen LogP contribution is 2.50. The third-order valence-corrected chi connectivity index (χ3v) is 6.50. The van der Waals surface area contributed by atoms with Gasteiger partial charge in [0.2, 0.25) is 0 Å². The lowest BCUT2D eigenvalue weighted by Crippen LogP contribution is -2.39. The van der Waals surface area contributed by atoms with Crippen LogP contribution in [0.5, 0.6) is 5.75 Å². The predicted octanol–water partition coefficient (Wildman–Crippen LogP) is 2.86. The molecule has 0 aromatic heterocycles. The number of hydrogen-bond donors (Lipinski definition) is 3. The summed E-state index contributed by atoms with van der Waals surface area (Å²) in [5.74, 6) is -0.695. The zero-order valence-corrected chi connectivity index (χ0v) is 17.5. The smallest absolute Gasteiger partial charge is 0.198 e. The average Bonchev–Trinajstić information content (AvgIpc) is 2.73. The number of hydrogen-bond acceptors (Lipinski definition) is 6. The topological polar surface area (TPSA) is 104 Å². The predicted molar refractivity (Wildman–Crippen MR) is 110 cm³/mol. The fourth-order valence-corrected chi connectivity index (χ4v) is 4.85. The van der Waals surface area contributed by atoms with E-state index < -0.39 is 11.7 Å². The molecule has 2 aromatic rings. The van der Waals surface area contributed by atoms with Gasteiger partial charge < -0.3 is 20.1 Å². The van der Waals surface area contributed by atoms with E-state index in [9.17, 15) is 24.9 Å². The molecule has 0 radical (unpaired) electrons. The largest absolute Gasteiger partial charge is 0.496 e. The fourth-order valence-electron chi connectivity index (χ4n) is 4.85. The Labute approximate surface area is 175 Å². The maximum absolute atomic E-state index is 13.5. The van der Waals surface area contributed by atoms with Crippen LogP contribution in [0.25, 0.3) is 0 Å². The van der Waals surface area contributed by atoms with Crippen LogP contribution < -0.4 is 4.74 Å². The monoisotopic (exact) mass is 410 g/mol. The Bertz CT molecular complexity index is 1070. The standard InChI is InChI=1S/C24H26O6/c1-11-9-24(3,29)23(28)17-8-16-19(22(30-4)18(11)17)21(27)15-7-13(12(2)10-25)5-6-14(15)20(16)26/h5-8,11-12,23,25,28-29H,9-10H2,1-4H3. The summed E-state index contributed by atoms with van der Waals surface area (Å²) in [6, 6.07) is 6.56. The van der Waals surface area contributed by atoms with Gasteiger partial charge in [0.15, 0.2) is 11.6 Å². The van der Waals surface area contributed by atoms with E-state index in [2.05, 4.69) is 0 Å². The van der Waals surface area contributed by atoms with E-state index in [-0.39, 0.29) is 52.4 Å². The van der Waals surface area contributed by atoms with Crippen molar-refractivity contribution in [2.24, 2.45) is 0 Å². The van der Waals surface area contributed by atoms with Crippen molar-refractivity contribution in [1.29, 1.82) is 0 Å². The first-order valence-electron chi connectivity index (χ1n) is 10.1. The second kappa shape index (κ2) is 7.01. The quantitative estimate of drug-likeness (QED) is 0.613. The van der Waals surface area contributed by atoms with Crippen molar-refractivity contribution in [2.75, 3.05) is 13.7 Å². The zero-order chi connectivity index (χ0) is 22.0. The van der Waals surface area contributed by atoms with E-state index in [4.69, 9.17) is 4.74 Å². The van der Waals surface area contributed by atoms with Gasteiger partial charge in [0.05, 0.1) is 18.3 Å². The summed E-state index contributed by atoms with van der Waals surface area (Å²) in [6.45, 7) is 5.24. The highest BCUT2D eigenvalue weighted by molar-refractivity contribution is 6.29. The molecular formula is C24H26O6. The van der Waals surface area contributed by atoms with Crippen LogP contribution >= 0.6 is 0 Å². The second-order valence-electron chi connectivity index (χ2n) is 8.75. The Morgan fingerprint density at radius 3 is 2.50 bits per heavy atom. The summed E-state index contributed by atoms with van der Waals surface area (Å²) < 4.78 is 5.62. The zero-order valence-electron chi connectivity index (χ0n) is 17.5. The molecule has 30 heavy (non-hydrogen) atoms. The number of aliphatic hydroxyl groups excluding tert-OH is 2. The first-order chi connectivity index (χ1) is 14.1. The van der Waals surface area contributed by atoms with Gasteiger partial charge in [-0.1, -0.05) is 26.0 Å². The van der Waals surface area contributed by atoms with Crippen LogP contribution in [0.3, 0.4) is 0 Å². The van der Waals surface area contributed by atoms with Crippen molar-refractivity contribution < 1.29 is 29.6 Å². The van der Waals surface area contributed by atoms with Crippen LogP contribution in [0.1, 0.15) is 93.7 Å². The highest BCUT2D eigenvalue weighted by atomic mass is 16.5. The van der Waals surface area contributed by atoms with Crippen molar-refractivity contribution in [3.8, 4) is 5.75 Å². The van der Waals surface area contributed by atoms with E-state index in [0.717, 1.165) is 5.56 Å². The Kier molecular flexibility index (Phi) is 4.84. The number of aliphatic hydroxyl groups is 3. The summed E-state index contributed by atoms with van der Waals surface area (Å²) >= 11 is 0. The van der Waals surface area contributed by atoms with Crippen LogP contribution in [-0.4, -0.2) is 46.2 Å². The summed E-state index contributed by atoms with van der Waals surface area (Å²) in [6.07, 6.45) is -0.896. The van der Waals surface area contributed by atoms with Gasteiger partial charge in [-0.05, 0) is 42.5 Å². The molecular weight excluding hydrogens is 384 g/mol. The highest BCUT2D eigenvalue weighted by Gasteiger charge is 2.45. The van der Waals surface area contributed by atoms with E-state index in [0.29, 0.717) is 23.1 Å². The van der Waals surface area contributed by atoms with E-state index in [1.54, 1.807) is 25.1 Å². The lowest BCUT2D eigenvalue weighted by Gasteiger charge is -2.40. The van der Waals surface area contributed by atoms with Crippen LogP contribution in [0.15, 0.2) is 24.3 Å². The maximum Gasteiger partial charge on any atom is 0.198 e. The number of ketones is 2. The molecule has 2 aromatic carbocycles. The normalized spacial score (nSPS) is 26.0. The molecule has 4 unspecified atom stereocenters. The molecule has 2 aliphatic carbocycles. The third kappa shape index (κ3) is 2.82. The molecule has 0 heterocycles. The minimum absolute atomic E-state index is 0.0658. The Hall–Kier alpha value is -2.54. The molecule has 0 bridgehead atoms. The van der Waals surface area contributed by atoms with Crippen LogP contribution in [0.2, 0.25) is 0 Å². The molecule has 4 atom stereocenters. The van der Waals surface area contributed by atoms with Crippen molar-refractivity contribution >= 4 is 11.6 Å². The lowest BCUT2D eigenvalue weighted by molar-refractivity contribution is -0.0801. The average molecular weight is 410 g/mol. The van der Waals surface area contributed by atoms with Gasteiger partial charge in [0.25, 0.3) is 0 Å². The van der Waals surface area contributed by atoms with Crippen LogP contribution in [0, 0.1) is 0 Å². The van der Waals surface area contributed by atoms with E-state index >= 15 is 0 Å². The molecule has 6 heteroatoms. The number of carbonyl (C=O) groups is 2. The van der Waals surface area contributed by atoms with Crippen molar-refractivity contribution in [3.63, 3.8) is 0 Å². The third-order valence-electron chi connectivity index (χ3n) is 6.50. The van der Waals surface area contributed by atoms with Crippen molar-refractivity contribution in [3.05, 3.63) is 63.2 Å². The Balaban J connectivity index is 1.98. The molecule has 158 valence electrons. The van der Waals surface area contributed by atoms with Crippen LogP contribution in [0.4, 0.5) is 0 Å². The number of fused-ring (bicyclic) bond motifs is 3. The number of benzene rings is 2. The first-order valence-corrected chi connectivity index (χ1v) is 10.1. The van der Waals surface area contributed by atoms with Crippen molar-refractivity contribution in [2.45, 2.75) is 50.7 Å². The van der Waals surface area contributed by atoms with Crippen LogP contribution in [-0.2, 0) is 0 Å². The summed E-state index contributed by atoms with van der Waals surface area (Å²) in [5, 5.41) is 30.9. The molecule has 0 saturated carbocycles. The summed E-state index contributed by atoms with van der Waals surface area (Å²) in [4.78, 5) is 26.8. The molecule has 0 saturated heterocycles. The number of rotatable bonds is 3. The molecule has 0 fully saturated rings. The lowest BCUT2D eigenvalue weighted by atomic mass is 9.70. The summed E-state index contributed by atoms with van der Waals surface area (Å²) in [7, 11) is 1.44. The minimum atomic E-state index is -1.35. The molecule has 4 rings (SSSR count). The van der Waals surface area contributed by atoms with E-state index in [1.807, 2.05) is 13.8 Å². The van der Waals surface area contributed by atoms with E-state index in [1.165, 1.54) is 13.2 Å². The molecule has 3 N–H and O–H groups in total. The molecule has 0 aliphatic heterocycles. The van der Waals surface area contributed by atoms with Gasteiger partial charge in [-0.3, -0.25) is 9.59 Å². The van der Waals surface area contributed by atoms with Gasteiger partial charge in [-0.25, -0.2) is 0 Å². The number of methoxy groups -OCH3 is 1. The van der Waals surface area contributed by atoms with Crippen molar-refractivity contribution in [1.82, 2.24) is 0 Å². The summed E-state index contributed by atoms with van der Waals surface area (Å²) in [5.41, 5.74) is 1.45. The molecule has 2 aliphatic rings. The number of carbonyl (C=O) groups excluding carboxylic acids is 2. The first kappa shape index (κ1) is 20.7. The van der Waals surface area contributed by atoms with Gasteiger partial charge in [-0.2, -0.15) is 0 Å². The SMILES string of the molecule is COc1c2c(cc3c1C(C)CC(C)(O)C3O)C(=O)c1ccc(C(C)CO)cc1C2=O. The van der Waals surface area contributed by atoms with Gasteiger partial charge in [-0.15, -0.1) is 0 Å². The molecule has 0 amide bonds. The second-order valence-corrected chi connectivity index (χ2v) is 8.75. The number of ether oxygens (including phenoxy) is 1. The minimum Gasteiger partial charge on any atom is -0.496 e. The van der Waals surface area contributed by atoms with Gasteiger partial charge >= 0.3 is 0 Å². The molecule has 6 nitrogen and oxygen atoms in total. The Morgan fingerprint density at radius 1 is 1.17 bits per heavy atom.